The van der Waals surface area contributed by atoms with Gasteiger partial charge in [0.2, 0.25) is 0 Å². The maximum absolute atomic E-state index is 14.7. The molecule has 0 radical (unpaired) electrons. The zero-order chi connectivity index (χ0) is 37.9. The van der Waals surface area contributed by atoms with E-state index in [1.54, 1.807) is 62.0 Å². The summed E-state index contributed by atoms with van der Waals surface area (Å²) in [7, 11) is 0. The number of piperidine rings is 2. The van der Waals surface area contributed by atoms with Gasteiger partial charge in [-0.1, -0.05) is 17.9 Å². The minimum Gasteiger partial charge on any atom is -0.442 e. The Bertz CT molecular complexity index is 1950. The van der Waals surface area contributed by atoms with E-state index in [1.165, 1.54) is 28.1 Å². The molecule has 0 saturated carbocycles. The largest absolute Gasteiger partial charge is 0.442 e. The van der Waals surface area contributed by atoms with E-state index in [4.69, 9.17) is 9.47 Å². The summed E-state index contributed by atoms with van der Waals surface area (Å²) in [6, 6.07) is 8.94. The van der Waals surface area contributed by atoms with Crippen molar-refractivity contribution in [3.63, 3.8) is 0 Å². The van der Waals surface area contributed by atoms with Crippen molar-refractivity contribution in [1.29, 1.82) is 0 Å². The molecule has 6 heterocycles. The molecular weight excluding hydrogens is 726 g/mol. The van der Waals surface area contributed by atoms with Gasteiger partial charge in [0.15, 0.2) is 5.78 Å². The van der Waals surface area contributed by atoms with Crippen LogP contribution in [0.5, 0.6) is 0 Å². The van der Waals surface area contributed by atoms with Gasteiger partial charge in [-0.3, -0.25) is 14.6 Å². The summed E-state index contributed by atoms with van der Waals surface area (Å²) in [5, 5.41) is 44.2. The number of aliphatic hydroxyl groups is 3. The first kappa shape index (κ1) is 39.0. The van der Waals surface area contributed by atoms with Crippen LogP contribution in [-0.4, -0.2) is 133 Å². The number of carbonyl (C=O) groups is 3. The second kappa shape index (κ2) is 16.7. The minimum atomic E-state index is -1.11. The topological polar surface area (TPSA) is 205 Å². The molecule has 0 aliphatic carbocycles. The molecular formula is C35H42F2N10O8. The van der Waals surface area contributed by atoms with Crippen molar-refractivity contribution >= 4 is 40.7 Å². The second-order valence-electron chi connectivity index (χ2n) is 13.3. The first-order valence-corrected chi connectivity index (χ1v) is 17.3. The number of cyclic esters (lactones) is 2. The van der Waals surface area contributed by atoms with Gasteiger partial charge in [-0.05, 0) is 42.8 Å². The van der Waals surface area contributed by atoms with E-state index in [0.29, 0.717) is 49.7 Å². The summed E-state index contributed by atoms with van der Waals surface area (Å²) >= 11 is 0. The van der Waals surface area contributed by atoms with Crippen LogP contribution in [0.15, 0.2) is 61.2 Å². The predicted molar refractivity (Wildman–Crippen MR) is 191 cm³/mol. The highest BCUT2D eigenvalue weighted by Crippen LogP contribution is 2.31. The average molecular weight is 769 g/mol. The van der Waals surface area contributed by atoms with E-state index >= 15 is 0 Å². The van der Waals surface area contributed by atoms with Gasteiger partial charge in [-0.15, -0.1) is 10.2 Å². The molecule has 3 N–H and O–H groups in total. The minimum absolute atomic E-state index is 0. The van der Waals surface area contributed by atoms with Gasteiger partial charge in [0.25, 0.3) is 0 Å². The van der Waals surface area contributed by atoms with Crippen molar-refractivity contribution in [3.05, 3.63) is 72.8 Å². The fourth-order valence-electron chi connectivity index (χ4n) is 6.74. The second-order valence-corrected chi connectivity index (χ2v) is 13.3. The Morgan fingerprint density at radius 3 is 1.64 bits per heavy atom. The lowest BCUT2D eigenvalue weighted by Crippen LogP contribution is -2.47. The van der Waals surface area contributed by atoms with E-state index in [-0.39, 0.29) is 51.5 Å². The quantitative estimate of drug-likeness (QED) is 0.233. The molecule has 4 aliphatic heterocycles. The molecule has 8 rings (SSSR count). The molecule has 4 aromatic rings. The number of halogens is 2. The van der Waals surface area contributed by atoms with E-state index in [0.717, 1.165) is 0 Å². The monoisotopic (exact) mass is 768 g/mol. The van der Waals surface area contributed by atoms with Crippen LogP contribution in [-0.2, 0) is 27.4 Å². The molecule has 0 bridgehead atoms. The highest BCUT2D eigenvalue weighted by molar-refractivity contribution is 5.91. The third-order valence-electron chi connectivity index (χ3n) is 9.58. The first-order chi connectivity index (χ1) is 26.0. The lowest BCUT2D eigenvalue weighted by molar-refractivity contribution is -0.127. The van der Waals surface area contributed by atoms with Crippen LogP contribution in [0.4, 0.5) is 41.1 Å². The van der Waals surface area contributed by atoms with E-state index in [1.807, 2.05) is 0 Å². The molecule has 2 aromatic carbocycles. The predicted octanol–water partition coefficient (Wildman–Crippen LogP) is 1.59. The number of amides is 2. The Morgan fingerprint density at radius 2 is 1.20 bits per heavy atom. The van der Waals surface area contributed by atoms with Crippen LogP contribution in [0.3, 0.4) is 0 Å². The first-order valence-electron chi connectivity index (χ1n) is 17.3. The fraction of sp³-hybridized carbons (Fsp3) is 0.457. The van der Waals surface area contributed by atoms with Crippen LogP contribution >= 0.6 is 0 Å². The van der Waals surface area contributed by atoms with Gasteiger partial charge in [0.1, 0.15) is 29.9 Å². The molecule has 4 aliphatic rings. The molecule has 18 nitrogen and oxygen atoms in total. The Morgan fingerprint density at radius 1 is 0.691 bits per heavy atom. The molecule has 294 valence electrons. The Kier molecular flexibility index (Phi) is 11.9. The van der Waals surface area contributed by atoms with Crippen molar-refractivity contribution in [3.8, 4) is 0 Å². The lowest BCUT2D eigenvalue weighted by atomic mass is 10.0. The number of benzene rings is 2. The number of rotatable bonds is 8. The van der Waals surface area contributed by atoms with E-state index in [9.17, 15) is 38.5 Å². The number of Topliss-reactive ketones (excluding diaryl/α,β-unsaturated/α-hetero) is 1. The molecule has 55 heavy (non-hydrogen) atoms. The summed E-state index contributed by atoms with van der Waals surface area (Å²) in [6.07, 6.45) is 2.25. The molecule has 2 aromatic heterocycles. The number of anilines is 4. The average Bonchev–Trinajstić information content (AvgIpc) is 3.98. The molecule has 0 unspecified atom stereocenters. The number of ether oxygens (including phenoxy) is 2. The van der Waals surface area contributed by atoms with Gasteiger partial charge >= 0.3 is 12.2 Å². The number of carbonyl (C=O) groups excluding carboxylic acids is 3. The molecule has 2 amide bonds. The van der Waals surface area contributed by atoms with Crippen LogP contribution in [0.2, 0.25) is 0 Å². The van der Waals surface area contributed by atoms with Crippen LogP contribution < -0.4 is 19.6 Å². The van der Waals surface area contributed by atoms with Gasteiger partial charge in [0, 0.05) is 38.4 Å². The number of hydrogen-bond donors (Lipinski definition) is 3. The highest BCUT2D eigenvalue weighted by Gasteiger charge is 2.35. The third-order valence-corrected chi connectivity index (χ3v) is 9.58. The van der Waals surface area contributed by atoms with Gasteiger partial charge in [-0.25, -0.2) is 27.7 Å². The number of hydrogen-bond acceptors (Lipinski definition) is 14. The Hall–Kier alpha value is -5.73. The molecule has 5 atom stereocenters. The molecule has 20 heteroatoms. The van der Waals surface area contributed by atoms with Crippen molar-refractivity contribution in [2.24, 2.45) is 0 Å². The van der Waals surface area contributed by atoms with E-state index < -0.39 is 54.3 Å². The van der Waals surface area contributed by atoms with Gasteiger partial charge in [0.05, 0.1) is 80.1 Å². The Balaban J connectivity index is 0.000000184. The van der Waals surface area contributed by atoms with Gasteiger partial charge in [-0.2, -0.15) is 0 Å². The standard InChI is InChI=1S/C17H20FN5O4.C17H18FN5O4.CH4/c2*18-13-7-11(1-2-14(13)21-5-3-15(24)16(25)10-21)23-9-12(27-17(23)26)8-22-6-4-19-20-22;/h1-2,4,6-7,12,15-16,24-25H,3,5,8-10H2;1-2,4,6-7,12,16,25H,3,5,8-10H2;1H4/t12-,15+,16-;12-,16-;/m00./s1. The van der Waals surface area contributed by atoms with Crippen LogP contribution in [0, 0.1) is 11.6 Å². The maximum Gasteiger partial charge on any atom is 0.414 e. The number of aliphatic hydroxyl groups excluding tert-OH is 3. The normalized spacial score (nSPS) is 23.9. The number of ketones is 1. The van der Waals surface area contributed by atoms with Crippen molar-refractivity contribution in [2.75, 3.05) is 58.9 Å². The molecule has 4 saturated heterocycles. The maximum atomic E-state index is 14.7. The highest BCUT2D eigenvalue weighted by atomic mass is 19.1. The molecule has 0 spiro atoms. The van der Waals surface area contributed by atoms with Crippen LogP contribution in [0.1, 0.15) is 20.3 Å². The summed E-state index contributed by atoms with van der Waals surface area (Å²) in [5.41, 5.74) is 1.41. The zero-order valence-corrected chi connectivity index (χ0v) is 28.8. The number of β-amino-alcohol motifs (C(OH)–C–C–N with tert-alkyl or cyclic N) is 2. The number of aromatic nitrogens is 6. The van der Waals surface area contributed by atoms with Crippen molar-refractivity contribution < 1.29 is 48.0 Å². The summed E-state index contributed by atoms with van der Waals surface area (Å²) in [6.45, 7) is 2.29. The smallest absolute Gasteiger partial charge is 0.414 e. The zero-order valence-electron chi connectivity index (χ0n) is 28.8. The fourth-order valence-corrected chi connectivity index (χ4v) is 6.74. The summed E-state index contributed by atoms with van der Waals surface area (Å²) in [4.78, 5) is 41.8. The summed E-state index contributed by atoms with van der Waals surface area (Å²) in [5.74, 6) is -1.26. The van der Waals surface area contributed by atoms with E-state index in [2.05, 4.69) is 20.6 Å². The van der Waals surface area contributed by atoms with Crippen molar-refractivity contribution in [1.82, 2.24) is 30.0 Å². The van der Waals surface area contributed by atoms with Crippen molar-refractivity contribution in [2.45, 2.75) is 63.9 Å². The SMILES string of the molecule is C.O=C1CCN(c2ccc(N3C[C@H](Cn4ccnn4)OC3=O)cc2F)C[C@@H]1O.O=C1O[C@@H](Cn2ccnn2)CN1c1ccc(N2CC[C@@H](O)[C@@H](O)C2)c(F)c1. The third kappa shape index (κ3) is 8.82. The van der Waals surface area contributed by atoms with Crippen LogP contribution in [0.25, 0.3) is 0 Å². The number of nitrogens with zero attached hydrogens (tertiary/aromatic N) is 10. The lowest BCUT2D eigenvalue weighted by Gasteiger charge is -2.35. The van der Waals surface area contributed by atoms with Gasteiger partial charge < -0.3 is 34.6 Å². The molecule has 4 fully saturated rings. The summed E-state index contributed by atoms with van der Waals surface area (Å²) < 4.78 is 43.0. The Labute approximate surface area is 314 Å².